The maximum absolute atomic E-state index is 13.5. The van der Waals surface area contributed by atoms with Crippen LogP contribution in [0.3, 0.4) is 0 Å². The van der Waals surface area contributed by atoms with Crippen LogP contribution >= 0.6 is 11.6 Å². The van der Waals surface area contributed by atoms with Gasteiger partial charge in [-0.2, -0.15) is 5.10 Å². The molecule has 1 N–H and O–H groups in total. The minimum atomic E-state index is -0.510. The number of aromatic nitrogens is 1. The third-order valence-corrected chi connectivity index (χ3v) is 2.84. The zero-order valence-electron chi connectivity index (χ0n) is 10.4. The Hall–Kier alpha value is -2.27. The van der Waals surface area contributed by atoms with Gasteiger partial charge in [-0.3, -0.25) is 9.78 Å². The highest BCUT2D eigenvalue weighted by atomic mass is 35.5. The van der Waals surface area contributed by atoms with Gasteiger partial charge in [0.1, 0.15) is 5.82 Å². The minimum absolute atomic E-state index is 0.156. The average Bonchev–Trinajstić information content (AvgIpc) is 2.44. The van der Waals surface area contributed by atoms with E-state index in [2.05, 4.69) is 15.5 Å². The van der Waals surface area contributed by atoms with E-state index < -0.39 is 11.7 Å². The van der Waals surface area contributed by atoms with Crippen molar-refractivity contribution < 1.29 is 9.18 Å². The van der Waals surface area contributed by atoms with E-state index in [0.29, 0.717) is 0 Å². The summed E-state index contributed by atoms with van der Waals surface area (Å²) in [5, 5.41) is 3.99. The van der Waals surface area contributed by atoms with Crippen molar-refractivity contribution in [2.45, 2.75) is 6.42 Å². The molecule has 0 unspecified atom stereocenters. The fourth-order valence-corrected chi connectivity index (χ4v) is 1.76. The highest BCUT2D eigenvalue weighted by Gasteiger charge is 2.11. The van der Waals surface area contributed by atoms with Crippen LogP contribution in [-0.2, 0) is 11.2 Å². The van der Waals surface area contributed by atoms with Crippen molar-refractivity contribution in [2.24, 2.45) is 5.10 Å². The number of carbonyl (C=O) groups excluding carboxylic acids is 1. The second kappa shape index (κ2) is 6.77. The molecule has 2 aromatic rings. The second-order valence-electron chi connectivity index (χ2n) is 3.96. The number of hydrogen-bond acceptors (Lipinski definition) is 3. The average molecular weight is 292 g/mol. The van der Waals surface area contributed by atoms with E-state index in [9.17, 15) is 9.18 Å². The van der Waals surface area contributed by atoms with E-state index in [1.807, 2.05) is 0 Å². The molecule has 1 amide bonds. The molecule has 0 aliphatic heterocycles. The van der Waals surface area contributed by atoms with Crippen molar-refractivity contribution in [2.75, 3.05) is 0 Å². The van der Waals surface area contributed by atoms with Gasteiger partial charge in [0.2, 0.25) is 5.91 Å². The summed E-state index contributed by atoms with van der Waals surface area (Å²) in [5.74, 6) is -0.957. The number of halogens is 2. The molecule has 0 atom stereocenters. The molecule has 102 valence electrons. The topological polar surface area (TPSA) is 54.4 Å². The van der Waals surface area contributed by atoms with Crippen molar-refractivity contribution in [1.82, 2.24) is 10.4 Å². The molecule has 1 aromatic heterocycles. The molecule has 0 aliphatic rings. The van der Waals surface area contributed by atoms with Crippen LogP contribution in [0.1, 0.15) is 11.1 Å². The molecule has 0 saturated carbocycles. The number of hydrazone groups is 1. The lowest BCUT2D eigenvalue weighted by Gasteiger charge is -2.04. The summed E-state index contributed by atoms with van der Waals surface area (Å²) in [7, 11) is 0. The number of pyridine rings is 1. The molecular formula is C14H11ClFN3O. The monoisotopic (exact) mass is 291 g/mol. The van der Waals surface area contributed by atoms with Gasteiger partial charge in [0.05, 0.1) is 12.6 Å². The van der Waals surface area contributed by atoms with Gasteiger partial charge in [-0.05, 0) is 18.2 Å². The number of rotatable bonds is 4. The molecule has 1 heterocycles. The first-order valence-corrected chi connectivity index (χ1v) is 6.19. The summed E-state index contributed by atoms with van der Waals surface area (Å²) < 4.78 is 13.5. The van der Waals surface area contributed by atoms with Crippen molar-refractivity contribution in [3.63, 3.8) is 0 Å². The lowest BCUT2D eigenvalue weighted by Crippen LogP contribution is -2.20. The maximum atomic E-state index is 13.5. The van der Waals surface area contributed by atoms with E-state index in [1.54, 1.807) is 24.5 Å². The largest absolute Gasteiger partial charge is 0.273 e. The molecule has 20 heavy (non-hydrogen) atoms. The van der Waals surface area contributed by atoms with E-state index in [-0.39, 0.29) is 17.0 Å². The predicted molar refractivity (Wildman–Crippen MR) is 75.1 cm³/mol. The Morgan fingerprint density at radius 2 is 2.25 bits per heavy atom. The zero-order valence-corrected chi connectivity index (χ0v) is 11.1. The SMILES string of the molecule is O=C(Cc1c(F)cccc1Cl)NN=Cc1cccnc1. The number of carbonyl (C=O) groups is 1. The quantitative estimate of drug-likeness (QED) is 0.695. The van der Waals surface area contributed by atoms with Crippen LogP contribution in [0.5, 0.6) is 0 Å². The van der Waals surface area contributed by atoms with Crippen LogP contribution in [0.15, 0.2) is 47.8 Å². The maximum Gasteiger partial charge on any atom is 0.244 e. The number of hydrogen-bond donors (Lipinski definition) is 1. The molecule has 0 bridgehead atoms. The number of nitrogens with zero attached hydrogens (tertiary/aromatic N) is 2. The third kappa shape index (κ3) is 3.86. The van der Waals surface area contributed by atoms with Crippen LogP contribution in [0.25, 0.3) is 0 Å². The Bertz CT molecular complexity index is 611. The lowest BCUT2D eigenvalue weighted by molar-refractivity contribution is -0.120. The Labute approximate surface area is 120 Å². The molecule has 2 rings (SSSR count). The number of nitrogens with one attached hydrogen (secondary N) is 1. The summed E-state index contributed by atoms with van der Waals surface area (Å²) in [4.78, 5) is 15.5. The van der Waals surface area contributed by atoms with Gasteiger partial charge < -0.3 is 0 Å². The standard InChI is InChI=1S/C14H11ClFN3O/c15-12-4-1-5-13(16)11(12)7-14(20)19-18-9-10-3-2-6-17-8-10/h1-6,8-9H,7H2,(H,19,20). The van der Waals surface area contributed by atoms with Gasteiger partial charge in [-0.1, -0.05) is 23.7 Å². The summed E-state index contributed by atoms with van der Waals surface area (Å²) in [6.45, 7) is 0. The van der Waals surface area contributed by atoms with Gasteiger partial charge in [0.25, 0.3) is 0 Å². The molecule has 0 radical (unpaired) electrons. The Balaban J connectivity index is 1.95. The smallest absolute Gasteiger partial charge is 0.244 e. The first-order valence-electron chi connectivity index (χ1n) is 5.81. The van der Waals surface area contributed by atoms with E-state index in [1.165, 1.54) is 24.4 Å². The summed E-state index contributed by atoms with van der Waals surface area (Å²) in [6.07, 6.45) is 4.52. The highest BCUT2D eigenvalue weighted by molar-refractivity contribution is 6.31. The molecule has 4 nitrogen and oxygen atoms in total. The Morgan fingerprint density at radius 1 is 1.40 bits per heavy atom. The van der Waals surface area contributed by atoms with Crippen molar-refractivity contribution in [1.29, 1.82) is 0 Å². The van der Waals surface area contributed by atoms with E-state index in [0.717, 1.165) is 5.56 Å². The summed E-state index contributed by atoms with van der Waals surface area (Å²) in [6, 6.07) is 7.82. The van der Waals surface area contributed by atoms with Crippen LogP contribution < -0.4 is 5.43 Å². The Kier molecular flexibility index (Phi) is 4.79. The predicted octanol–water partition coefficient (Wildman–Crippen LogP) is 2.57. The highest BCUT2D eigenvalue weighted by Crippen LogP contribution is 2.19. The van der Waals surface area contributed by atoms with Crippen LogP contribution in [0.4, 0.5) is 4.39 Å². The first-order chi connectivity index (χ1) is 9.66. The summed E-state index contributed by atoms with van der Waals surface area (Å²) in [5.41, 5.74) is 3.21. The molecule has 0 fully saturated rings. The third-order valence-electron chi connectivity index (χ3n) is 2.49. The van der Waals surface area contributed by atoms with Crippen LogP contribution in [-0.4, -0.2) is 17.1 Å². The second-order valence-corrected chi connectivity index (χ2v) is 4.36. The summed E-state index contributed by atoms with van der Waals surface area (Å²) >= 11 is 5.84. The molecular weight excluding hydrogens is 281 g/mol. The number of benzene rings is 1. The van der Waals surface area contributed by atoms with Gasteiger partial charge in [0, 0.05) is 28.5 Å². The van der Waals surface area contributed by atoms with Crippen molar-refractivity contribution in [3.05, 3.63) is 64.7 Å². The lowest BCUT2D eigenvalue weighted by atomic mass is 10.1. The van der Waals surface area contributed by atoms with E-state index in [4.69, 9.17) is 11.6 Å². The van der Waals surface area contributed by atoms with Crippen LogP contribution in [0, 0.1) is 5.82 Å². The van der Waals surface area contributed by atoms with Crippen LogP contribution in [0.2, 0.25) is 5.02 Å². The van der Waals surface area contributed by atoms with Gasteiger partial charge >= 0.3 is 0 Å². The molecule has 0 saturated heterocycles. The number of amides is 1. The van der Waals surface area contributed by atoms with E-state index >= 15 is 0 Å². The Morgan fingerprint density at radius 3 is 2.95 bits per heavy atom. The fraction of sp³-hybridized carbons (Fsp3) is 0.0714. The molecule has 0 aliphatic carbocycles. The van der Waals surface area contributed by atoms with Gasteiger partial charge in [-0.25, -0.2) is 9.82 Å². The molecule has 6 heteroatoms. The molecule has 0 spiro atoms. The zero-order chi connectivity index (χ0) is 14.4. The van der Waals surface area contributed by atoms with Gasteiger partial charge in [-0.15, -0.1) is 0 Å². The van der Waals surface area contributed by atoms with Gasteiger partial charge in [0.15, 0.2) is 0 Å². The van der Waals surface area contributed by atoms with Crippen molar-refractivity contribution >= 4 is 23.7 Å². The minimum Gasteiger partial charge on any atom is -0.273 e. The fourth-order valence-electron chi connectivity index (χ4n) is 1.53. The first kappa shape index (κ1) is 14.1. The molecule has 1 aromatic carbocycles. The van der Waals surface area contributed by atoms with Crippen molar-refractivity contribution in [3.8, 4) is 0 Å². The normalized spacial score (nSPS) is 10.7.